The predicted molar refractivity (Wildman–Crippen MR) is 71.5 cm³/mol. The smallest absolute Gasteiger partial charge is 0.358 e. The minimum Gasteiger partial charge on any atom is -0.476 e. The Morgan fingerprint density at radius 2 is 2.14 bits per heavy atom. The minimum atomic E-state index is -1.12. The maximum absolute atomic E-state index is 11.3. The average Bonchev–Trinajstić information content (AvgIpc) is 3.11. The third-order valence-electron chi connectivity index (χ3n) is 3.09. The van der Waals surface area contributed by atoms with Gasteiger partial charge in [0.1, 0.15) is 5.69 Å². The van der Waals surface area contributed by atoms with Gasteiger partial charge in [-0.3, -0.25) is 4.68 Å². The summed E-state index contributed by atoms with van der Waals surface area (Å²) >= 11 is 0. The first-order valence-corrected chi connectivity index (χ1v) is 6.17. The van der Waals surface area contributed by atoms with E-state index in [0.717, 1.165) is 5.56 Å². The van der Waals surface area contributed by atoms with Crippen LogP contribution in [0, 0.1) is 0 Å². The van der Waals surface area contributed by atoms with Crippen LogP contribution in [0.1, 0.15) is 16.1 Å². The van der Waals surface area contributed by atoms with Crippen molar-refractivity contribution in [1.29, 1.82) is 0 Å². The van der Waals surface area contributed by atoms with E-state index in [4.69, 9.17) is 0 Å². The van der Waals surface area contributed by atoms with E-state index in [2.05, 4.69) is 20.4 Å². The molecule has 3 heterocycles. The van der Waals surface area contributed by atoms with E-state index >= 15 is 0 Å². The Bertz CT molecular complexity index is 798. The normalized spacial score (nSPS) is 11.0. The summed E-state index contributed by atoms with van der Waals surface area (Å²) in [6.45, 7) is 0.384. The molecule has 0 amide bonds. The predicted octanol–water partition coefficient (Wildman–Crippen LogP) is 0.159. The van der Waals surface area contributed by atoms with E-state index in [1.807, 2.05) is 13.2 Å². The van der Waals surface area contributed by atoms with E-state index in [0.29, 0.717) is 17.9 Å². The van der Waals surface area contributed by atoms with Gasteiger partial charge in [-0.15, -0.1) is 5.10 Å². The Hall–Kier alpha value is -2.97. The molecule has 3 aromatic rings. The highest BCUT2D eigenvalue weighted by molar-refractivity contribution is 5.92. The van der Waals surface area contributed by atoms with Gasteiger partial charge in [-0.2, -0.15) is 5.10 Å². The summed E-state index contributed by atoms with van der Waals surface area (Å²) < 4.78 is 4.94. The molecule has 3 rings (SSSR count). The summed E-state index contributed by atoms with van der Waals surface area (Å²) in [6.07, 6.45) is 6.73. The number of carboxylic acids is 1. The second-order valence-corrected chi connectivity index (χ2v) is 4.66. The molecule has 1 N–H and O–H groups in total. The van der Waals surface area contributed by atoms with Crippen molar-refractivity contribution in [3.05, 3.63) is 36.2 Å². The van der Waals surface area contributed by atoms with Crippen LogP contribution in [0.5, 0.6) is 0 Å². The summed E-state index contributed by atoms with van der Waals surface area (Å²) in [6, 6.07) is 0. The molecular formula is C12H13N7O2. The zero-order valence-electron chi connectivity index (χ0n) is 11.5. The first-order valence-electron chi connectivity index (χ1n) is 6.17. The van der Waals surface area contributed by atoms with E-state index in [9.17, 15) is 9.90 Å². The van der Waals surface area contributed by atoms with Crippen molar-refractivity contribution in [2.24, 2.45) is 14.1 Å². The van der Waals surface area contributed by atoms with Gasteiger partial charge in [0.05, 0.1) is 31.0 Å². The first kappa shape index (κ1) is 13.0. The molecule has 0 aliphatic carbocycles. The average molecular weight is 287 g/mol. The minimum absolute atomic E-state index is 0.0949. The number of hydrogen-bond acceptors (Lipinski definition) is 5. The molecule has 9 nitrogen and oxygen atoms in total. The number of aromatic nitrogens is 7. The van der Waals surface area contributed by atoms with Crippen LogP contribution in [-0.4, -0.2) is 45.4 Å². The number of carboxylic acid groups (broad SMARTS) is 1. The molecule has 0 unspecified atom stereocenters. The largest absolute Gasteiger partial charge is 0.476 e. The lowest BCUT2D eigenvalue weighted by Gasteiger charge is -2.06. The molecule has 0 saturated carbocycles. The second kappa shape index (κ2) is 4.85. The van der Waals surface area contributed by atoms with E-state index in [-0.39, 0.29) is 5.69 Å². The van der Waals surface area contributed by atoms with E-state index in [1.54, 1.807) is 35.0 Å². The second-order valence-electron chi connectivity index (χ2n) is 4.66. The van der Waals surface area contributed by atoms with Crippen LogP contribution in [0.15, 0.2) is 24.9 Å². The molecule has 0 radical (unpaired) electrons. The van der Waals surface area contributed by atoms with Gasteiger partial charge in [-0.25, -0.2) is 14.5 Å². The van der Waals surface area contributed by atoms with Crippen LogP contribution < -0.4 is 0 Å². The molecule has 9 heteroatoms. The van der Waals surface area contributed by atoms with Crippen LogP contribution in [0.25, 0.3) is 11.4 Å². The van der Waals surface area contributed by atoms with Crippen LogP contribution in [0.4, 0.5) is 0 Å². The zero-order valence-corrected chi connectivity index (χ0v) is 11.5. The Morgan fingerprint density at radius 1 is 1.33 bits per heavy atom. The van der Waals surface area contributed by atoms with Crippen molar-refractivity contribution < 1.29 is 9.90 Å². The molecule has 0 bridgehead atoms. The van der Waals surface area contributed by atoms with E-state index in [1.165, 1.54) is 4.68 Å². The number of nitrogens with zero attached hydrogens (tertiary/aromatic N) is 7. The molecular weight excluding hydrogens is 274 g/mol. The molecule has 0 spiro atoms. The van der Waals surface area contributed by atoms with Crippen molar-refractivity contribution in [2.75, 3.05) is 0 Å². The van der Waals surface area contributed by atoms with Gasteiger partial charge in [0, 0.05) is 25.9 Å². The number of carbonyl (C=O) groups is 1. The third kappa shape index (κ3) is 2.29. The first-order chi connectivity index (χ1) is 10.1. The van der Waals surface area contributed by atoms with Crippen molar-refractivity contribution in [2.45, 2.75) is 6.54 Å². The molecule has 3 aromatic heterocycles. The lowest BCUT2D eigenvalue weighted by Crippen LogP contribution is -2.07. The lowest BCUT2D eigenvalue weighted by atomic mass is 10.2. The topological polar surface area (TPSA) is 104 Å². The fourth-order valence-electron chi connectivity index (χ4n) is 2.13. The number of rotatable bonds is 4. The zero-order chi connectivity index (χ0) is 15.0. The molecule has 0 aromatic carbocycles. The van der Waals surface area contributed by atoms with Gasteiger partial charge in [0.2, 0.25) is 0 Å². The van der Waals surface area contributed by atoms with Gasteiger partial charge in [-0.05, 0) is 0 Å². The van der Waals surface area contributed by atoms with Crippen molar-refractivity contribution in [3.8, 4) is 11.4 Å². The highest BCUT2D eigenvalue weighted by Crippen LogP contribution is 2.22. The SMILES string of the molecule is Cn1cc(Cn2nnc(C(=O)O)c2-c2cncn2C)cn1. The maximum atomic E-state index is 11.3. The number of imidazole rings is 1. The standard InChI is InChI=1S/C12H13N7O2/c1-17-7-13-4-9(17)11-10(12(20)21)15-16-19(11)6-8-3-14-18(2)5-8/h3-5,7H,6H2,1-2H3,(H,20,21). The quantitative estimate of drug-likeness (QED) is 0.733. The van der Waals surface area contributed by atoms with Crippen LogP contribution in [0.3, 0.4) is 0 Å². The molecule has 0 aliphatic heterocycles. The monoisotopic (exact) mass is 287 g/mol. The summed E-state index contributed by atoms with van der Waals surface area (Å²) in [4.78, 5) is 15.4. The van der Waals surface area contributed by atoms with Gasteiger partial charge in [0.15, 0.2) is 5.69 Å². The van der Waals surface area contributed by atoms with Crippen molar-refractivity contribution >= 4 is 5.97 Å². The lowest BCUT2D eigenvalue weighted by molar-refractivity contribution is 0.0691. The molecule has 108 valence electrons. The molecule has 0 saturated heterocycles. The molecule has 0 fully saturated rings. The van der Waals surface area contributed by atoms with Crippen molar-refractivity contribution in [3.63, 3.8) is 0 Å². The van der Waals surface area contributed by atoms with Gasteiger partial charge in [0.25, 0.3) is 0 Å². The molecule has 21 heavy (non-hydrogen) atoms. The van der Waals surface area contributed by atoms with Crippen LogP contribution in [0.2, 0.25) is 0 Å². The Labute approximate surface area is 119 Å². The van der Waals surface area contributed by atoms with Crippen molar-refractivity contribution in [1.82, 2.24) is 34.3 Å². The summed E-state index contributed by atoms with van der Waals surface area (Å²) in [5.41, 5.74) is 1.87. The Kier molecular flexibility index (Phi) is 3.01. The number of aryl methyl sites for hydroxylation is 2. The van der Waals surface area contributed by atoms with Crippen LogP contribution >= 0.6 is 0 Å². The highest BCUT2D eigenvalue weighted by Gasteiger charge is 2.22. The summed E-state index contributed by atoms with van der Waals surface area (Å²) in [5, 5.41) is 21.1. The summed E-state index contributed by atoms with van der Waals surface area (Å²) in [7, 11) is 3.60. The van der Waals surface area contributed by atoms with Gasteiger partial charge in [-0.1, -0.05) is 5.21 Å². The van der Waals surface area contributed by atoms with Crippen LogP contribution in [-0.2, 0) is 20.6 Å². The maximum Gasteiger partial charge on any atom is 0.358 e. The fraction of sp³-hybridized carbons (Fsp3) is 0.250. The fourth-order valence-corrected chi connectivity index (χ4v) is 2.13. The van der Waals surface area contributed by atoms with E-state index < -0.39 is 5.97 Å². The number of hydrogen-bond donors (Lipinski definition) is 1. The Balaban J connectivity index is 2.09. The van der Waals surface area contributed by atoms with Gasteiger partial charge < -0.3 is 9.67 Å². The number of aromatic carboxylic acids is 1. The third-order valence-corrected chi connectivity index (χ3v) is 3.09. The highest BCUT2D eigenvalue weighted by atomic mass is 16.4. The van der Waals surface area contributed by atoms with Gasteiger partial charge >= 0.3 is 5.97 Å². The Morgan fingerprint density at radius 3 is 2.71 bits per heavy atom. The summed E-state index contributed by atoms with van der Waals surface area (Å²) in [5.74, 6) is -1.12. The molecule has 0 aliphatic rings. The molecule has 0 atom stereocenters.